The van der Waals surface area contributed by atoms with Gasteiger partial charge in [0.25, 0.3) is 0 Å². The zero-order valence-electron chi connectivity index (χ0n) is 11.3. The van der Waals surface area contributed by atoms with Crippen molar-refractivity contribution in [3.05, 3.63) is 29.3 Å². The molecule has 1 heterocycles. The molecule has 1 aliphatic heterocycles. The van der Waals surface area contributed by atoms with E-state index in [1.54, 1.807) is 0 Å². The number of hydrogen-bond donors (Lipinski definition) is 1. The molecular weight excluding hydrogens is 224 g/mol. The van der Waals surface area contributed by atoms with E-state index in [2.05, 4.69) is 18.7 Å². The number of carbonyl (C=O) groups excluding carboxylic acids is 1. The van der Waals surface area contributed by atoms with Crippen molar-refractivity contribution in [1.29, 1.82) is 0 Å². The first-order valence-corrected chi connectivity index (χ1v) is 6.73. The van der Waals surface area contributed by atoms with Crippen molar-refractivity contribution in [3.63, 3.8) is 0 Å². The van der Waals surface area contributed by atoms with E-state index in [0.29, 0.717) is 23.7 Å². The van der Waals surface area contributed by atoms with E-state index in [0.717, 1.165) is 13.1 Å². The van der Waals surface area contributed by atoms with Crippen LogP contribution in [-0.2, 0) is 0 Å². The molecule has 2 rings (SSSR count). The minimum atomic E-state index is 0.150. The fraction of sp³-hybridized carbons (Fsp3) is 0.533. The highest BCUT2D eigenvalue weighted by Crippen LogP contribution is 2.21. The lowest BCUT2D eigenvalue weighted by Crippen LogP contribution is -2.27. The molecule has 18 heavy (non-hydrogen) atoms. The number of rotatable bonds is 4. The maximum absolute atomic E-state index is 12.3. The van der Waals surface area contributed by atoms with Crippen LogP contribution in [0.4, 0.5) is 5.69 Å². The molecule has 3 nitrogen and oxygen atoms in total. The van der Waals surface area contributed by atoms with Gasteiger partial charge in [-0.15, -0.1) is 0 Å². The smallest absolute Gasteiger partial charge is 0.178 e. The standard InChI is InChI=1S/C15H22N2O/c1-11(2)12-5-6-14(16)13(9-12)15(18)10-17-7-3-4-8-17/h5-6,9,11H,3-4,7-8,10,16H2,1-2H3. The number of likely N-dealkylation sites (tertiary alicyclic amines) is 1. The third-order valence-electron chi connectivity index (χ3n) is 3.61. The Hall–Kier alpha value is -1.35. The fourth-order valence-electron chi connectivity index (χ4n) is 2.40. The Morgan fingerprint density at radius 2 is 2.00 bits per heavy atom. The lowest BCUT2D eigenvalue weighted by molar-refractivity contribution is 0.0946. The first kappa shape index (κ1) is 13.1. The Labute approximate surface area is 109 Å². The van der Waals surface area contributed by atoms with Gasteiger partial charge in [0.1, 0.15) is 0 Å². The predicted molar refractivity (Wildman–Crippen MR) is 74.9 cm³/mol. The molecule has 0 unspecified atom stereocenters. The number of hydrogen-bond acceptors (Lipinski definition) is 3. The van der Waals surface area contributed by atoms with E-state index in [1.807, 2.05) is 18.2 Å². The number of nitrogen functional groups attached to an aromatic ring is 1. The highest BCUT2D eigenvalue weighted by Gasteiger charge is 2.18. The Bertz CT molecular complexity index is 434. The average molecular weight is 246 g/mol. The molecule has 0 radical (unpaired) electrons. The molecule has 1 fully saturated rings. The van der Waals surface area contributed by atoms with E-state index < -0.39 is 0 Å². The summed E-state index contributed by atoms with van der Waals surface area (Å²) in [6.45, 7) is 6.83. The van der Waals surface area contributed by atoms with E-state index in [1.165, 1.54) is 18.4 Å². The van der Waals surface area contributed by atoms with Gasteiger partial charge in [0.05, 0.1) is 6.54 Å². The third-order valence-corrected chi connectivity index (χ3v) is 3.61. The van der Waals surface area contributed by atoms with Gasteiger partial charge in [-0.1, -0.05) is 19.9 Å². The first-order chi connectivity index (χ1) is 8.58. The summed E-state index contributed by atoms with van der Waals surface area (Å²) in [4.78, 5) is 14.5. The molecular formula is C15H22N2O. The van der Waals surface area contributed by atoms with Crippen molar-refractivity contribution in [3.8, 4) is 0 Å². The van der Waals surface area contributed by atoms with Crippen LogP contribution in [0.2, 0.25) is 0 Å². The molecule has 0 aromatic heterocycles. The van der Waals surface area contributed by atoms with Gasteiger partial charge in [0, 0.05) is 11.3 Å². The molecule has 2 N–H and O–H groups in total. The summed E-state index contributed by atoms with van der Waals surface area (Å²) >= 11 is 0. The van der Waals surface area contributed by atoms with Crippen LogP contribution < -0.4 is 5.73 Å². The van der Waals surface area contributed by atoms with Gasteiger partial charge in [0.2, 0.25) is 0 Å². The van der Waals surface area contributed by atoms with Crippen molar-refractivity contribution in [1.82, 2.24) is 4.90 Å². The second-order valence-corrected chi connectivity index (χ2v) is 5.41. The molecule has 0 atom stereocenters. The molecule has 1 aromatic carbocycles. The Balaban J connectivity index is 2.15. The summed E-state index contributed by atoms with van der Waals surface area (Å²) < 4.78 is 0. The number of Topliss-reactive ketones (excluding diaryl/α,β-unsaturated/α-hetero) is 1. The van der Waals surface area contributed by atoms with E-state index in [9.17, 15) is 4.79 Å². The van der Waals surface area contributed by atoms with Crippen molar-refractivity contribution in [2.75, 3.05) is 25.4 Å². The highest BCUT2D eigenvalue weighted by molar-refractivity contribution is 6.02. The maximum atomic E-state index is 12.3. The van der Waals surface area contributed by atoms with Crippen molar-refractivity contribution >= 4 is 11.5 Å². The average Bonchev–Trinajstić information content (AvgIpc) is 2.81. The van der Waals surface area contributed by atoms with E-state index in [-0.39, 0.29) is 5.78 Å². The van der Waals surface area contributed by atoms with Gasteiger partial charge in [-0.2, -0.15) is 0 Å². The van der Waals surface area contributed by atoms with Crippen molar-refractivity contribution in [2.24, 2.45) is 0 Å². The van der Waals surface area contributed by atoms with E-state index >= 15 is 0 Å². The van der Waals surface area contributed by atoms with Gasteiger partial charge in [-0.05, 0) is 49.5 Å². The highest BCUT2D eigenvalue weighted by atomic mass is 16.1. The molecule has 0 spiro atoms. The summed E-state index contributed by atoms with van der Waals surface area (Å²) in [5.74, 6) is 0.570. The number of carbonyl (C=O) groups is 1. The summed E-state index contributed by atoms with van der Waals surface area (Å²) in [6.07, 6.45) is 2.41. The lowest BCUT2D eigenvalue weighted by atomic mass is 9.98. The molecule has 0 bridgehead atoms. The zero-order valence-corrected chi connectivity index (χ0v) is 11.3. The van der Waals surface area contributed by atoms with Crippen molar-refractivity contribution < 1.29 is 4.79 Å². The number of anilines is 1. The molecule has 0 aliphatic carbocycles. The molecule has 1 aliphatic rings. The van der Waals surface area contributed by atoms with Crippen LogP contribution in [0.15, 0.2) is 18.2 Å². The van der Waals surface area contributed by atoms with Crippen LogP contribution in [0, 0.1) is 0 Å². The summed E-state index contributed by atoms with van der Waals surface area (Å²) in [7, 11) is 0. The van der Waals surface area contributed by atoms with Crippen LogP contribution >= 0.6 is 0 Å². The van der Waals surface area contributed by atoms with Crippen molar-refractivity contribution in [2.45, 2.75) is 32.6 Å². The molecule has 1 aromatic rings. The Kier molecular flexibility index (Phi) is 4.02. The third kappa shape index (κ3) is 2.91. The number of ketones is 1. The summed E-state index contributed by atoms with van der Waals surface area (Å²) in [5, 5.41) is 0. The van der Waals surface area contributed by atoms with Gasteiger partial charge in [0.15, 0.2) is 5.78 Å². The number of nitrogens with zero attached hydrogens (tertiary/aromatic N) is 1. The fourth-order valence-corrected chi connectivity index (χ4v) is 2.40. The largest absolute Gasteiger partial charge is 0.398 e. The zero-order chi connectivity index (χ0) is 13.1. The van der Waals surface area contributed by atoms with Crippen LogP contribution in [0.5, 0.6) is 0 Å². The minimum Gasteiger partial charge on any atom is -0.398 e. The van der Waals surface area contributed by atoms with Crippen LogP contribution in [-0.4, -0.2) is 30.3 Å². The minimum absolute atomic E-state index is 0.150. The summed E-state index contributed by atoms with van der Waals surface area (Å²) in [5.41, 5.74) is 8.39. The second kappa shape index (κ2) is 5.53. The molecule has 1 saturated heterocycles. The Morgan fingerprint density at radius 1 is 1.33 bits per heavy atom. The Morgan fingerprint density at radius 3 is 2.61 bits per heavy atom. The van der Waals surface area contributed by atoms with Crippen LogP contribution in [0.1, 0.15) is 48.5 Å². The van der Waals surface area contributed by atoms with Gasteiger partial charge in [-0.25, -0.2) is 0 Å². The SMILES string of the molecule is CC(C)c1ccc(N)c(C(=O)CN2CCCC2)c1. The number of benzene rings is 1. The van der Waals surface area contributed by atoms with Gasteiger partial charge in [-0.3, -0.25) is 9.69 Å². The number of nitrogens with two attached hydrogens (primary N) is 1. The molecule has 98 valence electrons. The van der Waals surface area contributed by atoms with E-state index in [4.69, 9.17) is 5.73 Å². The topological polar surface area (TPSA) is 46.3 Å². The van der Waals surface area contributed by atoms with Crippen LogP contribution in [0.25, 0.3) is 0 Å². The molecule has 3 heteroatoms. The maximum Gasteiger partial charge on any atom is 0.178 e. The predicted octanol–water partition coefficient (Wildman–Crippen LogP) is 2.67. The molecule has 0 amide bonds. The van der Waals surface area contributed by atoms with Gasteiger partial charge < -0.3 is 5.73 Å². The van der Waals surface area contributed by atoms with Crippen LogP contribution in [0.3, 0.4) is 0 Å². The van der Waals surface area contributed by atoms with Gasteiger partial charge >= 0.3 is 0 Å². The lowest BCUT2D eigenvalue weighted by Gasteiger charge is -2.15. The normalized spacial score (nSPS) is 16.4. The molecule has 0 saturated carbocycles. The summed E-state index contributed by atoms with van der Waals surface area (Å²) in [6, 6.07) is 5.82. The monoisotopic (exact) mass is 246 g/mol. The second-order valence-electron chi connectivity index (χ2n) is 5.41. The quantitative estimate of drug-likeness (QED) is 0.656. The first-order valence-electron chi connectivity index (χ1n) is 6.73.